The van der Waals surface area contributed by atoms with Gasteiger partial charge in [-0.25, -0.2) is 14.8 Å². The first-order valence-corrected chi connectivity index (χ1v) is 14.6. The Bertz CT molecular complexity index is 1500. The lowest BCUT2D eigenvalue weighted by Crippen LogP contribution is -2.55. The molecule has 12 N–H and O–H groups in total. The van der Waals surface area contributed by atoms with Crippen molar-refractivity contribution in [2.24, 2.45) is 22.4 Å². The highest BCUT2D eigenvalue weighted by atomic mass is 35.5. The molecule has 2 aromatic rings. The SMILES string of the molecule is CC(C)CC(NC(=O)[C@H](Cc1ccccc1)NC(=O)CNC(=O)[C@@H](C)NC(=O)CNc1nc(N)c(C(=O)N=C(N)N)nc1Cl)C(=O)O. The molecular formula is C28H38ClN11O7. The van der Waals surface area contributed by atoms with Gasteiger partial charge >= 0.3 is 11.9 Å². The Balaban J connectivity index is 1.94. The van der Waals surface area contributed by atoms with E-state index in [0.717, 1.165) is 0 Å². The smallest absolute Gasteiger partial charge is 0.326 e. The zero-order valence-corrected chi connectivity index (χ0v) is 26.6. The Labute approximate surface area is 274 Å². The van der Waals surface area contributed by atoms with E-state index in [4.69, 9.17) is 28.8 Å². The average Bonchev–Trinajstić information content (AvgIpc) is 2.99. The number of nitrogens with zero attached hydrogens (tertiary/aromatic N) is 3. The Morgan fingerprint density at radius 3 is 2.13 bits per heavy atom. The molecule has 0 bridgehead atoms. The summed E-state index contributed by atoms with van der Waals surface area (Å²) in [5.41, 5.74) is 16.3. The number of anilines is 2. The molecule has 0 saturated heterocycles. The Kier molecular flexibility index (Phi) is 14.3. The third-order valence-corrected chi connectivity index (χ3v) is 6.44. The number of guanidine groups is 1. The lowest BCUT2D eigenvalue weighted by atomic mass is 10.0. The molecule has 0 spiro atoms. The number of hydrogen-bond donors (Lipinski definition) is 9. The fourth-order valence-electron chi connectivity index (χ4n) is 3.98. The molecule has 1 heterocycles. The highest BCUT2D eigenvalue weighted by Gasteiger charge is 2.28. The minimum absolute atomic E-state index is 0.0151. The van der Waals surface area contributed by atoms with E-state index in [1.165, 1.54) is 6.92 Å². The summed E-state index contributed by atoms with van der Waals surface area (Å²) in [4.78, 5) is 85.4. The number of carboxylic acids is 1. The number of carbonyl (C=O) groups is 6. The molecule has 0 radical (unpaired) electrons. The van der Waals surface area contributed by atoms with Crippen LogP contribution in [0.5, 0.6) is 0 Å². The van der Waals surface area contributed by atoms with E-state index in [-0.39, 0.29) is 35.5 Å². The molecule has 0 saturated carbocycles. The van der Waals surface area contributed by atoms with Crippen LogP contribution in [0.3, 0.4) is 0 Å². The molecule has 5 amide bonds. The van der Waals surface area contributed by atoms with Gasteiger partial charge in [0.2, 0.25) is 23.6 Å². The standard InChI is InChI=1S/C28H38ClN11O7/c1-13(2)9-17(27(46)47)37-25(44)16(10-15-7-5-4-6-8-15)36-19(42)12-34-24(43)14(3)35-18(41)11-33-23-21(29)38-20(22(30)39-23)26(45)40-28(31)32/h4-8,13-14,16-17H,9-12H2,1-3H3,(H,34,43)(H,35,41)(H,36,42)(H,37,44)(H,46,47)(H3,30,33,39)(H4,31,32,40,45)/t14-,16+,17?/m1/s1. The van der Waals surface area contributed by atoms with Crippen molar-refractivity contribution in [2.75, 3.05) is 24.1 Å². The van der Waals surface area contributed by atoms with Crippen molar-refractivity contribution in [1.82, 2.24) is 31.2 Å². The fraction of sp³-hybridized carbons (Fsp3) is 0.393. The van der Waals surface area contributed by atoms with Gasteiger partial charge in [-0.3, -0.25) is 24.0 Å². The molecule has 254 valence electrons. The van der Waals surface area contributed by atoms with Gasteiger partial charge in [0.15, 0.2) is 28.4 Å². The summed E-state index contributed by atoms with van der Waals surface area (Å²) in [6.07, 6.45) is 0.250. The molecule has 0 aliphatic carbocycles. The quantitative estimate of drug-likeness (QED) is 0.0724. The van der Waals surface area contributed by atoms with Crippen molar-refractivity contribution in [3.8, 4) is 0 Å². The Morgan fingerprint density at radius 2 is 1.53 bits per heavy atom. The first-order chi connectivity index (χ1) is 22.1. The maximum absolute atomic E-state index is 13.1. The number of aliphatic carboxylic acids is 1. The monoisotopic (exact) mass is 675 g/mol. The normalized spacial score (nSPS) is 12.5. The van der Waals surface area contributed by atoms with E-state index in [0.29, 0.717) is 5.56 Å². The van der Waals surface area contributed by atoms with Gasteiger partial charge in [-0.2, -0.15) is 4.99 Å². The van der Waals surface area contributed by atoms with Crippen LogP contribution in [0.25, 0.3) is 0 Å². The van der Waals surface area contributed by atoms with Gasteiger partial charge < -0.3 is 48.9 Å². The second kappa shape index (κ2) is 17.8. The van der Waals surface area contributed by atoms with E-state index in [1.807, 2.05) is 13.8 Å². The number of benzene rings is 1. The second-order valence-electron chi connectivity index (χ2n) is 10.6. The summed E-state index contributed by atoms with van der Waals surface area (Å²) in [7, 11) is 0. The van der Waals surface area contributed by atoms with E-state index >= 15 is 0 Å². The van der Waals surface area contributed by atoms with Crippen LogP contribution < -0.4 is 43.8 Å². The summed E-state index contributed by atoms with van der Waals surface area (Å²) in [5, 5.41) is 21.6. The van der Waals surface area contributed by atoms with Gasteiger partial charge in [0.25, 0.3) is 0 Å². The van der Waals surface area contributed by atoms with Crippen molar-refractivity contribution in [1.29, 1.82) is 0 Å². The number of nitrogens with one attached hydrogen (secondary N) is 5. The number of nitrogen functional groups attached to an aromatic ring is 1. The number of amides is 5. The first kappa shape index (κ1) is 37.7. The highest BCUT2D eigenvalue weighted by Crippen LogP contribution is 2.20. The summed E-state index contributed by atoms with van der Waals surface area (Å²) in [6, 6.07) is 5.39. The van der Waals surface area contributed by atoms with E-state index in [1.54, 1.807) is 30.3 Å². The van der Waals surface area contributed by atoms with Gasteiger partial charge in [0.05, 0.1) is 13.1 Å². The molecule has 3 atom stereocenters. The Morgan fingerprint density at radius 1 is 0.894 bits per heavy atom. The Hall–Kier alpha value is -5.52. The van der Waals surface area contributed by atoms with Crippen LogP contribution in [0.2, 0.25) is 5.15 Å². The molecule has 1 aromatic heterocycles. The molecule has 18 nitrogen and oxygen atoms in total. The number of aliphatic imine (C=N–C) groups is 1. The van der Waals surface area contributed by atoms with Crippen molar-refractivity contribution in [3.63, 3.8) is 0 Å². The number of rotatable bonds is 16. The predicted octanol–water partition coefficient (Wildman–Crippen LogP) is -1.50. The largest absolute Gasteiger partial charge is 0.480 e. The highest BCUT2D eigenvalue weighted by molar-refractivity contribution is 6.32. The van der Waals surface area contributed by atoms with E-state index in [2.05, 4.69) is 41.5 Å². The van der Waals surface area contributed by atoms with Crippen LogP contribution in [0.1, 0.15) is 43.2 Å². The molecular weight excluding hydrogens is 638 g/mol. The molecule has 0 aliphatic rings. The first-order valence-electron chi connectivity index (χ1n) is 14.2. The second-order valence-corrected chi connectivity index (χ2v) is 11.0. The van der Waals surface area contributed by atoms with Crippen molar-refractivity contribution in [3.05, 3.63) is 46.7 Å². The van der Waals surface area contributed by atoms with Gasteiger partial charge in [-0.1, -0.05) is 55.8 Å². The van der Waals surface area contributed by atoms with Crippen LogP contribution >= 0.6 is 11.6 Å². The number of carbonyl (C=O) groups excluding carboxylic acids is 5. The molecule has 0 aliphatic heterocycles. The molecule has 47 heavy (non-hydrogen) atoms. The third kappa shape index (κ3) is 12.8. The van der Waals surface area contributed by atoms with Crippen LogP contribution in [0.15, 0.2) is 35.3 Å². The summed E-state index contributed by atoms with van der Waals surface area (Å²) in [5.74, 6) is -6.03. The summed E-state index contributed by atoms with van der Waals surface area (Å²) < 4.78 is 0. The van der Waals surface area contributed by atoms with Gasteiger partial charge in [0.1, 0.15) is 18.1 Å². The van der Waals surface area contributed by atoms with Gasteiger partial charge in [-0.15, -0.1) is 0 Å². The van der Waals surface area contributed by atoms with Crippen LogP contribution in [-0.4, -0.2) is 87.8 Å². The number of hydrogen-bond acceptors (Lipinski definition) is 10. The minimum Gasteiger partial charge on any atom is -0.480 e. The van der Waals surface area contributed by atoms with E-state index in [9.17, 15) is 33.9 Å². The van der Waals surface area contributed by atoms with Crippen LogP contribution in [-0.2, 0) is 30.4 Å². The zero-order valence-electron chi connectivity index (χ0n) is 25.9. The maximum atomic E-state index is 13.1. The van der Waals surface area contributed by atoms with Crippen molar-refractivity contribution >= 4 is 64.7 Å². The average molecular weight is 676 g/mol. The van der Waals surface area contributed by atoms with Crippen LogP contribution in [0.4, 0.5) is 11.6 Å². The van der Waals surface area contributed by atoms with E-state index < -0.39 is 78.4 Å². The lowest BCUT2D eigenvalue weighted by molar-refractivity contribution is -0.142. The summed E-state index contributed by atoms with van der Waals surface area (Å²) in [6.45, 7) is 4.02. The number of aromatic nitrogens is 2. The van der Waals surface area contributed by atoms with Crippen molar-refractivity contribution in [2.45, 2.75) is 51.7 Å². The molecule has 1 aromatic carbocycles. The minimum atomic E-state index is -1.20. The third-order valence-electron chi connectivity index (χ3n) is 6.18. The number of halogens is 1. The van der Waals surface area contributed by atoms with Crippen LogP contribution in [0, 0.1) is 5.92 Å². The van der Waals surface area contributed by atoms with Gasteiger partial charge in [0, 0.05) is 6.42 Å². The lowest BCUT2D eigenvalue weighted by Gasteiger charge is -2.23. The molecule has 19 heteroatoms. The molecule has 0 fully saturated rings. The zero-order chi connectivity index (χ0) is 35.3. The molecule has 1 unspecified atom stereocenters. The van der Waals surface area contributed by atoms with Gasteiger partial charge in [-0.05, 0) is 24.8 Å². The maximum Gasteiger partial charge on any atom is 0.326 e. The number of carboxylic acid groups (broad SMARTS) is 1. The number of nitrogens with two attached hydrogens (primary N) is 3. The topological polar surface area (TPSA) is 299 Å². The predicted molar refractivity (Wildman–Crippen MR) is 172 cm³/mol. The molecule has 2 rings (SSSR count). The van der Waals surface area contributed by atoms with Crippen molar-refractivity contribution < 1.29 is 33.9 Å². The fourth-order valence-corrected chi connectivity index (χ4v) is 4.17. The summed E-state index contributed by atoms with van der Waals surface area (Å²) >= 11 is 6.01.